The van der Waals surface area contributed by atoms with Crippen molar-refractivity contribution in [3.63, 3.8) is 0 Å². The van der Waals surface area contributed by atoms with Gasteiger partial charge in [0, 0.05) is 23.5 Å². The van der Waals surface area contributed by atoms with E-state index >= 15 is 0 Å². The van der Waals surface area contributed by atoms with Crippen LogP contribution in [-0.4, -0.2) is 32.8 Å². The summed E-state index contributed by atoms with van der Waals surface area (Å²) >= 11 is 0. The van der Waals surface area contributed by atoms with Gasteiger partial charge in [-0.25, -0.2) is 9.37 Å². The van der Waals surface area contributed by atoms with E-state index < -0.39 is 11.9 Å². The van der Waals surface area contributed by atoms with Crippen LogP contribution >= 0.6 is 13.5 Å². The van der Waals surface area contributed by atoms with Crippen molar-refractivity contribution in [1.82, 2.24) is 15.0 Å². The molecule has 5 nitrogen and oxygen atoms in total. The first-order chi connectivity index (χ1) is 12.1. The highest BCUT2D eigenvalue weighted by Crippen LogP contribution is 2.31. The number of aromatic nitrogens is 3. The Labute approximate surface area is 158 Å². The molecule has 0 saturated heterocycles. The lowest BCUT2D eigenvalue weighted by Gasteiger charge is -2.15. The van der Waals surface area contributed by atoms with Crippen molar-refractivity contribution >= 4 is 13.5 Å². The molecule has 1 atom stereocenters. The first-order valence-electron chi connectivity index (χ1n) is 7.90. The molecule has 0 fully saturated rings. The fourth-order valence-electron chi connectivity index (χ4n) is 2.35. The molecule has 0 bridgehead atoms. The molecule has 1 N–H and O–H groups in total. The number of halogens is 1. The number of pyridine rings is 1. The fraction of sp³-hybridized carbons (Fsp3) is 0.211. The van der Waals surface area contributed by atoms with Crippen molar-refractivity contribution in [3.05, 3.63) is 60.4 Å². The van der Waals surface area contributed by atoms with E-state index in [-0.39, 0.29) is 20.1 Å². The molecule has 0 unspecified atom stereocenters. The minimum Gasteiger partial charge on any atom is -0.472 e. The Morgan fingerprint density at radius 2 is 1.92 bits per heavy atom. The predicted molar refractivity (Wildman–Crippen MR) is 103 cm³/mol. The summed E-state index contributed by atoms with van der Waals surface area (Å²) in [5, 5.41) is 9.16. The van der Waals surface area contributed by atoms with E-state index in [1.807, 2.05) is 6.92 Å². The van der Waals surface area contributed by atoms with Crippen molar-refractivity contribution < 1.29 is 14.2 Å². The van der Waals surface area contributed by atoms with Crippen LogP contribution in [0.15, 0.2) is 48.9 Å². The molecule has 2 heterocycles. The zero-order valence-corrected chi connectivity index (χ0v) is 15.5. The standard InChI is InChI=1S/C19H18FN3O2.H2S/c1-12-9-23-18(10-22-12)16-6-5-14(8-17(16)20)15-4-3-7-21-19(15)25-13(2)11-24;/h3-10,13,24H,11H2,1-2H3;1H2/t13-;/m0./s1. The summed E-state index contributed by atoms with van der Waals surface area (Å²) in [5.74, 6) is -0.0491. The predicted octanol–water partition coefficient (Wildman–Crippen LogP) is 3.53. The van der Waals surface area contributed by atoms with E-state index in [1.54, 1.807) is 49.8 Å². The van der Waals surface area contributed by atoms with Crippen LogP contribution in [0, 0.1) is 12.7 Å². The quantitative estimate of drug-likeness (QED) is 0.741. The molecule has 26 heavy (non-hydrogen) atoms. The maximum absolute atomic E-state index is 14.6. The number of rotatable bonds is 5. The van der Waals surface area contributed by atoms with Gasteiger partial charge in [-0.2, -0.15) is 13.5 Å². The van der Waals surface area contributed by atoms with Crippen molar-refractivity contribution in [1.29, 1.82) is 0 Å². The zero-order valence-electron chi connectivity index (χ0n) is 14.5. The molecule has 0 saturated carbocycles. The van der Waals surface area contributed by atoms with Gasteiger partial charge < -0.3 is 9.84 Å². The van der Waals surface area contributed by atoms with Crippen molar-refractivity contribution in [2.45, 2.75) is 20.0 Å². The first kappa shape index (κ1) is 19.8. The summed E-state index contributed by atoms with van der Waals surface area (Å²) in [5.41, 5.74) is 2.92. The number of hydrogen-bond donors (Lipinski definition) is 1. The molecule has 136 valence electrons. The fourth-order valence-corrected chi connectivity index (χ4v) is 2.35. The second-order valence-corrected chi connectivity index (χ2v) is 5.70. The number of nitrogens with zero attached hydrogens (tertiary/aromatic N) is 3. The molecule has 0 aliphatic rings. The van der Waals surface area contributed by atoms with Crippen molar-refractivity contribution in [3.8, 4) is 28.3 Å². The molecule has 3 rings (SSSR count). The minimum absolute atomic E-state index is 0. The Balaban J connectivity index is 0.00000243. The van der Waals surface area contributed by atoms with Gasteiger partial charge >= 0.3 is 0 Å². The Hall–Kier alpha value is -2.51. The van der Waals surface area contributed by atoms with E-state index in [0.29, 0.717) is 28.3 Å². The maximum Gasteiger partial charge on any atom is 0.221 e. The van der Waals surface area contributed by atoms with Gasteiger partial charge in [0.05, 0.1) is 24.2 Å². The van der Waals surface area contributed by atoms with Crippen LogP contribution < -0.4 is 4.74 Å². The monoisotopic (exact) mass is 373 g/mol. The third kappa shape index (κ3) is 4.36. The SMILES string of the molecule is Cc1cnc(-c2ccc(-c3cccnc3O[C@@H](C)CO)cc2F)cn1.S. The van der Waals surface area contributed by atoms with Crippen molar-refractivity contribution in [2.75, 3.05) is 6.61 Å². The Bertz CT molecular complexity index is 875. The van der Waals surface area contributed by atoms with Crippen LogP contribution in [0.1, 0.15) is 12.6 Å². The lowest BCUT2D eigenvalue weighted by Crippen LogP contribution is -2.17. The molecule has 1 aromatic carbocycles. The molecule has 2 aromatic heterocycles. The number of aryl methyl sites for hydroxylation is 1. The molecule has 0 spiro atoms. The largest absolute Gasteiger partial charge is 0.472 e. The Morgan fingerprint density at radius 3 is 2.58 bits per heavy atom. The number of aliphatic hydroxyl groups excluding tert-OH is 1. The summed E-state index contributed by atoms with van der Waals surface area (Å²) in [6, 6.07) is 8.42. The van der Waals surface area contributed by atoms with Crippen LogP contribution in [0.2, 0.25) is 0 Å². The van der Waals surface area contributed by atoms with Gasteiger partial charge in [-0.1, -0.05) is 6.07 Å². The molecule has 7 heteroatoms. The molecular weight excluding hydrogens is 353 g/mol. The van der Waals surface area contributed by atoms with E-state index in [4.69, 9.17) is 9.84 Å². The number of benzene rings is 1. The van der Waals surface area contributed by atoms with Crippen molar-refractivity contribution in [2.24, 2.45) is 0 Å². The van der Waals surface area contributed by atoms with Gasteiger partial charge in [-0.05, 0) is 43.7 Å². The van der Waals surface area contributed by atoms with Gasteiger partial charge in [0.2, 0.25) is 5.88 Å². The molecule has 0 aliphatic heterocycles. The van der Waals surface area contributed by atoms with Gasteiger partial charge in [0.15, 0.2) is 0 Å². The zero-order chi connectivity index (χ0) is 17.8. The molecule has 0 amide bonds. The third-order valence-electron chi connectivity index (χ3n) is 3.68. The highest BCUT2D eigenvalue weighted by Gasteiger charge is 2.14. The lowest BCUT2D eigenvalue weighted by atomic mass is 10.0. The Kier molecular flexibility index (Phi) is 6.65. The summed E-state index contributed by atoms with van der Waals surface area (Å²) in [6.07, 6.45) is 4.34. The first-order valence-corrected chi connectivity index (χ1v) is 7.90. The maximum atomic E-state index is 14.6. The summed E-state index contributed by atoms with van der Waals surface area (Å²) < 4.78 is 20.2. The van der Waals surface area contributed by atoms with Gasteiger partial charge in [0.1, 0.15) is 11.9 Å². The second-order valence-electron chi connectivity index (χ2n) is 5.70. The van der Waals surface area contributed by atoms with Crippen LogP contribution in [0.3, 0.4) is 0 Å². The number of ether oxygens (including phenoxy) is 1. The van der Waals surface area contributed by atoms with E-state index in [1.165, 1.54) is 6.07 Å². The topological polar surface area (TPSA) is 68.1 Å². The number of aliphatic hydroxyl groups is 1. The summed E-state index contributed by atoms with van der Waals surface area (Å²) in [7, 11) is 0. The van der Waals surface area contributed by atoms with Crippen LogP contribution in [0.4, 0.5) is 4.39 Å². The smallest absolute Gasteiger partial charge is 0.221 e. The molecule has 3 aromatic rings. The second kappa shape index (κ2) is 8.73. The van der Waals surface area contributed by atoms with Crippen LogP contribution in [-0.2, 0) is 0 Å². The van der Waals surface area contributed by atoms with Gasteiger partial charge in [-0.15, -0.1) is 0 Å². The van der Waals surface area contributed by atoms with Crippen LogP contribution in [0.25, 0.3) is 22.4 Å². The average Bonchev–Trinajstić information content (AvgIpc) is 2.63. The average molecular weight is 373 g/mol. The highest BCUT2D eigenvalue weighted by atomic mass is 32.1. The lowest BCUT2D eigenvalue weighted by molar-refractivity contribution is 0.126. The van der Waals surface area contributed by atoms with E-state index in [0.717, 1.165) is 5.69 Å². The van der Waals surface area contributed by atoms with Gasteiger partial charge in [-0.3, -0.25) is 9.97 Å². The third-order valence-corrected chi connectivity index (χ3v) is 3.68. The van der Waals surface area contributed by atoms with E-state index in [2.05, 4.69) is 15.0 Å². The highest BCUT2D eigenvalue weighted by molar-refractivity contribution is 7.59. The van der Waals surface area contributed by atoms with E-state index in [9.17, 15) is 4.39 Å². The summed E-state index contributed by atoms with van der Waals surface area (Å²) in [4.78, 5) is 12.5. The molecular formula is C19H20FN3O2S. The number of hydrogen-bond acceptors (Lipinski definition) is 5. The Morgan fingerprint density at radius 1 is 1.12 bits per heavy atom. The summed E-state index contributed by atoms with van der Waals surface area (Å²) in [6.45, 7) is 3.43. The molecule has 0 radical (unpaired) electrons. The molecule has 0 aliphatic carbocycles. The van der Waals surface area contributed by atoms with Crippen LogP contribution in [0.5, 0.6) is 5.88 Å². The minimum atomic E-state index is -0.402. The normalized spacial score (nSPS) is 11.5. The van der Waals surface area contributed by atoms with Gasteiger partial charge in [0.25, 0.3) is 0 Å².